The molecule has 0 saturated heterocycles. The lowest BCUT2D eigenvalue weighted by molar-refractivity contribution is -0.136. The van der Waals surface area contributed by atoms with Crippen LogP contribution in [0.15, 0.2) is 54.2 Å². The molecule has 0 atom stereocenters. The standard InChI is InChI=1S/C21H23N3O4/c1-4-8-16-11-15(12-18(19(16)25)28-5-2)13-22-24-21(27)20(26)23-17-10-7-6-9-14(17)3/h4,6-7,9-13,25H,1,5,8H2,2-3H3,(H,23,26)(H,24,27)/b22-13+. The van der Waals surface area contributed by atoms with Crippen molar-refractivity contribution in [1.29, 1.82) is 0 Å². The van der Waals surface area contributed by atoms with E-state index in [1.165, 1.54) is 6.21 Å². The summed E-state index contributed by atoms with van der Waals surface area (Å²) >= 11 is 0. The van der Waals surface area contributed by atoms with E-state index in [1.54, 1.807) is 37.3 Å². The SMILES string of the molecule is C=CCc1cc(/C=N/NC(=O)C(=O)Nc2ccccc2C)cc(OCC)c1O. The van der Waals surface area contributed by atoms with Crippen molar-refractivity contribution in [1.82, 2.24) is 5.43 Å². The summed E-state index contributed by atoms with van der Waals surface area (Å²) in [5.74, 6) is -1.36. The number of aromatic hydroxyl groups is 1. The first-order chi connectivity index (χ1) is 13.5. The van der Waals surface area contributed by atoms with Crippen LogP contribution < -0.4 is 15.5 Å². The van der Waals surface area contributed by atoms with Crippen molar-refractivity contribution in [3.63, 3.8) is 0 Å². The Hall–Kier alpha value is -3.61. The summed E-state index contributed by atoms with van der Waals surface area (Å²) in [5.41, 5.74) is 4.79. The molecule has 2 amide bonds. The first kappa shape index (κ1) is 20.7. The molecular weight excluding hydrogens is 358 g/mol. The quantitative estimate of drug-likeness (QED) is 0.297. The molecule has 0 fully saturated rings. The van der Waals surface area contributed by atoms with Gasteiger partial charge in [-0.3, -0.25) is 9.59 Å². The van der Waals surface area contributed by atoms with E-state index in [-0.39, 0.29) is 5.75 Å². The molecule has 28 heavy (non-hydrogen) atoms. The number of amides is 2. The Morgan fingerprint density at radius 1 is 1.25 bits per heavy atom. The zero-order valence-corrected chi connectivity index (χ0v) is 15.9. The second-order valence-electron chi connectivity index (χ2n) is 5.92. The van der Waals surface area contributed by atoms with E-state index in [2.05, 4.69) is 22.4 Å². The second-order valence-corrected chi connectivity index (χ2v) is 5.92. The number of ether oxygens (including phenoxy) is 1. The lowest BCUT2D eigenvalue weighted by Gasteiger charge is -2.10. The van der Waals surface area contributed by atoms with E-state index in [9.17, 15) is 14.7 Å². The van der Waals surface area contributed by atoms with Gasteiger partial charge in [0, 0.05) is 11.3 Å². The highest BCUT2D eigenvalue weighted by Crippen LogP contribution is 2.31. The molecule has 0 aliphatic rings. The highest BCUT2D eigenvalue weighted by molar-refractivity contribution is 6.39. The van der Waals surface area contributed by atoms with Crippen molar-refractivity contribution in [2.24, 2.45) is 5.10 Å². The van der Waals surface area contributed by atoms with Gasteiger partial charge >= 0.3 is 11.8 Å². The smallest absolute Gasteiger partial charge is 0.329 e. The number of anilines is 1. The van der Waals surface area contributed by atoms with Gasteiger partial charge in [0.25, 0.3) is 0 Å². The number of hydrogen-bond acceptors (Lipinski definition) is 5. The van der Waals surface area contributed by atoms with Crippen molar-refractivity contribution in [2.45, 2.75) is 20.3 Å². The molecule has 146 valence electrons. The Labute approximate surface area is 163 Å². The zero-order chi connectivity index (χ0) is 20.5. The number of benzene rings is 2. The van der Waals surface area contributed by atoms with Gasteiger partial charge in [0.2, 0.25) is 0 Å². The Morgan fingerprint density at radius 3 is 2.68 bits per heavy atom. The predicted molar refractivity (Wildman–Crippen MR) is 109 cm³/mol. The number of hydrogen-bond donors (Lipinski definition) is 3. The number of hydrazone groups is 1. The van der Waals surface area contributed by atoms with Crippen LogP contribution in [0, 0.1) is 6.92 Å². The number of rotatable bonds is 7. The first-order valence-electron chi connectivity index (χ1n) is 8.75. The maximum Gasteiger partial charge on any atom is 0.329 e. The summed E-state index contributed by atoms with van der Waals surface area (Å²) in [6.07, 6.45) is 3.47. The average Bonchev–Trinajstić information content (AvgIpc) is 2.67. The minimum atomic E-state index is -0.894. The number of aryl methyl sites for hydroxylation is 1. The van der Waals surface area contributed by atoms with E-state index in [4.69, 9.17) is 4.74 Å². The van der Waals surface area contributed by atoms with Gasteiger partial charge in [-0.25, -0.2) is 5.43 Å². The summed E-state index contributed by atoms with van der Waals surface area (Å²) in [7, 11) is 0. The Bertz CT molecular complexity index is 907. The molecular formula is C21H23N3O4. The van der Waals surface area contributed by atoms with Gasteiger partial charge in [0.05, 0.1) is 12.8 Å². The van der Waals surface area contributed by atoms with Crippen LogP contribution in [-0.4, -0.2) is 29.7 Å². The normalized spacial score (nSPS) is 10.5. The molecule has 0 spiro atoms. The number of carbonyl (C=O) groups excluding carboxylic acids is 2. The van der Waals surface area contributed by atoms with Gasteiger partial charge in [-0.2, -0.15) is 5.10 Å². The van der Waals surface area contributed by atoms with Crippen LogP contribution >= 0.6 is 0 Å². The molecule has 7 heteroatoms. The summed E-state index contributed by atoms with van der Waals surface area (Å²) < 4.78 is 5.41. The minimum absolute atomic E-state index is 0.0422. The van der Waals surface area contributed by atoms with Crippen LogP contribution in [0.3, 0.4) is 0 Å². The second kappa shape index (κ2) is 9.91. The van der Waals surface area contributed by atoms with Crippen molar-refractivity contribution < 1.29 is 19.4 Å². The zero-order valence-electron chi connectivity index (χ0n) is 15.9. The molecule has 3 N–H and O–H groups in total. The third-order valence-electron chi connectivity index (χ3n) is 3.82. The van der Waals surface area contributed by atoms with Gasteiger partial charge in [0.1, 0.15) is 0 Å². The van der Waals surface area contributed by atoms with Gasteiger partial charge < -0.3 is 15.2 Å². The Kier molecular flexibility index (Phi) is 7.33. The molecule has 0 saturated carbocycles. The number of nitrogens with zero attached hydrogens (tertiary/aromatic N) is 1. The van der Waals surface area contributed by atoms with Crippen LogP contribution in [-0.2, 0) is 16.0 Å². The summed E-state index contributed by atoms with van der Waals surface area (Å²) in [6.45, 7) is 7.68. The van der Waals surface area contributed by atoms with Crippen LogP contribution in [0.4, 0.5) is 5.69 Å². The number of nitrogens with one attached hydrogen (secondary N) is 2. The maximum atomic E-state index is 12.0. The number of para-hydroxylation sites is 1. The van der Waals surface area contributed by atoms with Crippen LogP contribution in [0.2, 0.25) is 0 Å². The minimum Gasteiger partial charge on any atom is -0.504 e. The number of allylic oxidation sites excluding steroid dienone is 1. The van der Waals surface area contributed by atoms with Crippen LogP contribution in [0.5, 0.6) is 11.5 Å². The van der Waals surface area contributed by atoms with Gasteiger partial charge in [-0.1, -0.05) is 24.3 Å². The van der Waals surface area contributed by atoms with E-state index >= 15 is 0 Å². The fourth-order valence-corrected chi connectivity index (χ4v) is 2.45. The molecule has 0 aromatic heterocycles. The lowest BCUT2D eigenvalue weighted by atomic mass is 10.1. The number of phenols is 1. The predicted octanol–water partition coefficient (Wildman–Crippen LogP) is 2.92. The van der Waals surface area contributed by atoms with Crippen molar-refractivity contribution in [2.75, 3.05) is 11.9 Å². The highest BCUT2D eigenvalue weighted by atomic mass is 16.5. The fourth-order valence-electron chi connectivity index (χ4n) is 2.45. The molecule has 2 rings (SSSR count). The molecule has 0 unspecified atom stereocenters. The maximum absolute atomic E-state index is 12.0. The van der Waals surface area contributed by atoms with Gasteiger partial charge in [-0.15, -0.1) is 6.58 Å². The molecule has 2 aromatic carbocycles. The van der Waals surface area contributed by atoms with Crippen molar-refractivity contribution >= 4 is 23.7 Å². The van der Waals surface area contributed by atoms with Gasteiger partial charge in [-0.05, 0) is 49.6 Å². The molecule has 0 bridgehead atoms. The summed E-state index contributed by atoms with van der Waals surface area (Å²) in [5, 5.41) is 16.5. The molecule has 7 nitrogen and oxygen atoms in total. The number of phenolic OH excluding ortho intramolecular Hbond substituents is 1. The average molecular weight is 381 g/mol. The molecule has 0 aliphatic heterocycles. The largest absolute Gasteiger partial charge is 0.504 e. The summed E-state index contributed by atoms with van der Waals surface area (Å²) in [4.78, 5) is 23.9. The third kappa shape index (κ3) is 5.44. The topological polar surface area (TPSA) is 100 Å². The molecule has 0 heterocycles. The van der Waals surface area contributed by atoms with Crippen LogP contribution in [0.25, 0.3) is 0 Å². The Balaban J connectivity index is 2.06. The van der Waals surface area contributed by atoms with Crippen LogP contribution in [0.1, 0.15) is 23.6 Å². The van der Waals surface area contributed by atoms with E-state index in [0.29, 0.717) is 35.6 Å². The summed E-state index contributed by atoms with van der Waals surface area (Å²) in [6, 6.07) is 10.4. The number of carbonyl (C=O) groups is 2. The molecule has 0 radical (unpaired) electrons. The fraction of sp³-hybridized carbons (Fsp3) is 0.190. The first-order valence-corrected chi connectivity index (χ1v) is 8.75. The van der Waals surface area contributed by atoms with Crippen molar-refractivity contribution in [3.05, 3.63) is 65.7 Å². The van der Waals surface area contributed by atoms with E-state index < -0.39 is 11.8 Å². The Morgan fingerprint density at radius 2 is 2.00 bits per heavy atom. The molecule has 0 aliphatic carbocycles. The van der Waals surface area contributed by atoms with Gasteiger partial charge in [0.15, 0.2) is 11.5 Å². The third-order valence-corrected chi connectivity index (χ3v) is 3.82. The van der Waals surface area contributed by atoms with E-state index in [1.807, 2.05) is 19.1 Å². The van der Waals surface area contributed by atoms with E-state index in [0.717, 1.165) is 5.56 Å². The highest BCUT2D eigenvalue weighted by Gasteiger charge is 2.14. The monoisotopic (exact) mass is 381 g/mol. The molecule has 2 aromatic rings. The van der Waals surface area contributed by atoms with Crippen molar-refractivity contribution in [3.8, 4) is 11.5 Å². The lowest BCUT2D eigenvalue weighted by Crippen LogP contribution is -2.32.